The number of carbonyl (C=O) groups is 2. The van der Waals surface area contributed by atoms with Crippen molar-refractivity contribution >= 4 is 23.5 Å². The summed E-state index contributed by atoms with van der Waals surface area (Å²) in [7, 11) is 0. The van der Waals surface area contributed by atoms with Crippen LogP contribution >= 0.6 is 11.6 Å². The average Bonchev–Trinajstić information content (AvgIpc) is 2.28. The van der Waals surface area contributed by atoms with Crippen molar-refractivity contribution < 1.29 is 14.7 Å². The number of hydrogen-bond acceptors (Lipinski definition) is 2. The smallest absolute Gasteiger partial charge is 0.326 e. The van der Waals surface area contributed by atoms with Crippen LogP contribution in [0.5, 0.6) is 0 Å². The number of aliphatic carboxylic acids is 1. The maximum Gasteiger partial charge on any atom is 0.326 e. The minimum absolute atomic E-state index is 0.146. The summed E-state index contributed by atoms with van der Waals surface area (Å²) in [5.74, 6) is -1.48. The molecule has 0 aliphatic heterocycles. The van der Waals surface area contributed by atoms with Crippen molar-refractivity contribution in [1.82, 2.24) is 5.32 Å². The van der Waals surface area contributed by atoms with E-state index in [1.54, 1.807) is 38.1 Å². The van der Waals surface area contributed by atoms with E-state index >= 15 is 0 Å². The van der Waals surface area contributed by atoms with Gasteiger partial charge in [0.1, 0.15) is 6.04 Å². The summed E-state index contributed by atoms with van der Waals surface area (Å²) in [6.45, 7) is 3.50. The molecule has 0 bridgehead atoms. The molecule has 0 saturated heterocycles. The molecule has 0 saturated carbocycles. The second-order valence-electron chi connectivity index (χ2n) is 4.43. The molecule has 0 spiro atoms. The Morgan fingerprint density at radius 1 is 1.28 bits per heavy atom. The summed E-state index contributed by atoms with van der Waals surface area (Å²) in [5.41, 5.74) is 0.796. The van der Waals surface area contributed by atoms with Gasteiger partial charge in [-0.3, -0.25) is 4.79 Å². The third-order valence-corrected chi connectivity index (χ3v) is 2.78. The van der Waals surface area contributed by atoms with Crippen molar-refractivity contribution in [3.8, 4) is 0 Å². The molecule has 0 heterocycles. The van der Waals surface area contributed by atoms with Crippen molar-refractivity contribution in [3.05, 3.63) is 34.9 Å². The van der Waals surface area contributed by atoms with E-state index in [0.29, 0.717) is 5.02 Å². The van der Waals surface area contributed by atoms with Crippen molar-refractivity contribution in [1.29, 1.82) is 0 Å². The van der Waals surface area contributed by atoms with Crippen LogP contribution in [-0.4, -0.2) is 23.0 Å². The minimum Gasteiger partial charge on any atom is -0.480 e. The van der Waals surface area contributed by atoms with Gasteiger partial charge in [0.2, 0.25) is 5.91 Å². The number of carboxylic acids is 1. The lowest BCUT2D eigenvalue weighted by Gasteiger charge is -2.17. The lowest BCUT2D eigenvalue weighted by molar-refractivity contribution is -0.143. The van der Waals surface area contributed by atoms with E-state index < -0.39 is 12.0 Å². The lowest BCUT2D eigenvalue weighted by Crippen LogP contribution is -2.44. The number of benzene rings is 1. The van der Waals surface area contributed by atoms with Gasteiger partial charge in [-0.05, 0) is 23.6 Å². The van der Waals surface area contributed by atoms with Crippen LogP contribution in [0.25, 0.3) is 0 Å². The Balaban J connectivity index is 2.60. The number of carboxylic acid groups (broad SMARTS) is 1. The fourth-order valence-corrected chi connectivity index (χ4v) is 1.65. The maximum absolute atomic E-state index is 11.7. The van der Waals surface area contributed by atoms with Crippen LogP contribution in [0, 0.1) is 5.92 Å². The van der Waals surface area contributed by atoms with Gasteiger partial charge in [-0.25, -0.2) is 4.79 Å². The van der Waals surface area contributed by atoms with Gasteiger partial charge in [0.25, 0.3) is 0 Å². The summed E-state index contributed by atoms with van der Waals surface area (Å²) < 4.78 is 0. The Bertz CT molecular complexity index is 428. The molecule has 18 heavy (non-hydrogen) atoms. The molecule has 1 aromatic carbocycles. The van der Waals surface area contributed by atoms with E-state index in [4.69, 9.17) is 16.7 Å². The molecule has 1 rings (SSSR count). The Hall–Kier alpha value is -1.55. The summed E-state index contributed by atoms with van der Waals surface area (Å²) in [6.07, 6.45) is 0.146. The van der Waals surface area contributed by atoms with E-state index in [-0.39, 0.29) is 18.2 Å². The van der Waals surface area contributed by atoms with E-state index in [1.165, 1.54) is 0 Å². The highest BCUT2D eigenvalue weighted by Crippen LogP contribution is 2.10. The standard InChI is InChI=1S/C13H16ClNO3/c1-8(2)12(13(17)18)15-11(16)7-9-3-5-10(14)6-4-9/h3-6,8,12H,7H2,1-2H3,(H,15,16)(H,17,18)/t12-/m0/s1. The zero-order valence-electron chi connectivity index (χ0n) is 10.3. The van der Waals surface area contributed by atoms with Crippen LogP contribution in [0.2, 0.25) is 5.02 Å². The quantitative estimate of drug-likeness (QED) is 0.860. The molecule has 1 amide bonds. The van der Waals surface area contributed by atoms with Gasteiger partial charge in [-0.15, -0.1) is 0 Å². The van der Waals surface area contributed by atoms with Crippen molar-refractivity contribution in [2.24, 2.45) is 5.92 Å². The highest BCUT2D eigenvalue weighted by atomic mass is 35.5. The van der Waals surface area contributed by atoms with Gasteiger partial charge in [0.15, 0.2) is 0 Å². The Kier molecular flexibility index (Phi) is 5.16. The average molecular weight is 270 g/mol. The summed E-state index contributed by atoms with van der Waals surface area (Å²) in [4.78, 5) is 22.7. The van der Waals surface area contributed by atoms with Crippen LogP contribution in [0.3, 0.4) is 0 Å². The maximum atomic E-state index is 11.7. The fraction of sp³-hybridized carbons (Fsp3) is 0.385. The Morgan fingerprint density at radius 3 is 2.28 bits per heavy atom. The van der Waals surface area contributed by atoms with Crippen molar-refractivity contribution in [2.45, 2.75) is 26.3 Å². The molecule has 98 valence electrons. The second-order valence-corrected chi connectivity index (χ2v) is 4.87. The van der Waals surface area contributed by atoms with Gasteiger partial charge < -0.3 is 10.4 Å². The molecule has 1 atom stereocenters. The first-order valence-electron chi connectivity index (χ1n) is 5.66. The molecule has 4 nitrogen and oxygen atoms in total. The Labute approximate surface area is 111 Å². The van der Waals surface area contributed by atoms with Gasteiger partial charge in [0.05, 0.1) is 6.42 Å². The van der Waals surface area contributed by atoms with Crippen LogP contribution in [0.15, 0.2) is 24.3 Å². The summed E-state index contributed by atoms with van der Waals surface area (Å²) in [6, 6.07) is 6.02. The molecule has 5 heteroatoms. The first-order chi connectivity index (χ1) is 8.40. The molecule has 0 radical (unpaired) electrons. The summed E-state index contributed by atoms with van der Waals surface area (Å²) >= 11 is 5.74. The molecular weight excluding hydrogens is 254 g/mol. The molecule has 0 aliphatic rings. The van der Waals surface area contributed by atoms with Gasteiger partial charge in [-0.1, -0.05) is 37.6 Å². The third-order valence-electron chi connectivity index (χ3n) is 2.53. The zero-order valence-corrected chi connectivity index (χ0v) is 11.1. The number of hydrogen-bond donors (Lipinski definition) is 2. The predicted molar refractivity (Wildman–Crippen MR) is 69.6 cm³/mol. The van der Waals surface area contributed by atoms with Crippen LogP contribution in [0.1, 0.15) is 19.4 Å². The highest BCUT2D eigenvalue weighted by Gasteiger charge is 2.23. The molecule has 1 aromatic rings. The fourth-order valence-electron chi connectivity index (χ4n) is 1.53. The van der Waals surface area contributed by atoms with E-state index in [2.05, 4.69) is 5.32 Å². The SMILES string of the molecule is CC(C)[C@H](NC(=O)Cc1ccc(Cl)cc1)C(=O)O. The molecule has 2 N–H and O–H groups in total. The Morgan fingerprint density at radius 2 is 1.83 bits per heavy atom. The van der Waals surface area contributed by atoms with Crippen LogP contribution in [-0.2, 0) is 16.0 Å². The highest BCUT2D eigenvalue weighted by molar-refractivity contribution is 6.30. The number of nitrogens with one attached hydrogen (secondary N) is 1. The van der Waals surface area contributed by atoms with Crippen LogP contribution in [0.4, 0.5) is 0 Å². The number of halogens is 1. The first-order valence-corrected chi connectivity index (χ1v) is 6.04. The molecule has 0 aliphatic carbocycles. The lowest BCUT2D eigenvalue weighted by atomic mass is 10.0. The predicted octanol–water partition coefficient (Wildman–Crippen LogP) is 2.11. The molecule has 0 aromatic heterocycles. The number of amides is 1. The summed E-state index contributed by atoms with van der Waals surface area (Å²) in [5, 5.41) is 12.1. The number of carbonyl (C=O) groups excluding carboxylic acids is 1. The van der Waals surface area contributed by atoms with Gasteiger partial charge >= 0.3 is 5.97 Å². The first kappa shape index (κ1) is 14.5. The molecular formula is C13H16ClNO3. The second kappa shape index (κ2) is 6.40. The largest absolute Gasteiger partial charge is 0.480 e. The zero-order chi connectivity index (χ0) is 13.7. The van der Waals surface area contributed by atoms with Crippen molar-refractivity contribution in [2.75, 3.05) is 0 Å². The van der Waals surface area contributed by atoms with Gasteiger partial charge in [-0.2, -0.15) is 0 Å². The van der Waals surface area contributed by atoms with Gasteiger partial charge in [0, 0.05) is 5.02 Å². The minimum atomic E-state index is -1.02. The molecule has 0 fully saturated rings. The van der Waals surface area contributed by atoms with Crippen molar-refractivity contribution in [3.63, 3.8) is 0 Å². The van der Waals surface area contributed by atoms with E-state index in [1.807, 2.05) is 0 Å². The number of rotatable bonds is 5. The molecule has 0 unspecified atom stereocenters. The monoisotopic (exact) mass is 269 g/mol. The van der Waals surface area contributed by atoms with E-state index in [9.17, 15) is 9.59 Å². The topological polar surface area (TPSA) is 66.4 Å². The third kappa shape index (κ3) is 4.37. The van der Waals surface area contributed by atoms with Crippen LogP contribution < -0.4 is 5.32 Å². The van der Waals surface area contributed by atoms with E-state index in [0.717, 1.165) is 5.56 Å². The normalized spacial score (nSPS) is 12.2.